The summed E-state index contributed by atoms with van der Waals surface area (Å²) in [4.78, 5) is 11.8. The van der Waals surface area contributed by atoms with Gasteiger partial charge in [-0.3, -0.25) is 4.79 Å². The first kappa shape index (κ1) is 13.9. The maximum atomic E-state index is 11.8. The number of aliphatic hydroxyl groups is 1. The van der Waals surface area contributed by atoms with Crippen LogP contribution < -0.4 is 0 Å². The highest BCUT2D eigenvalue weighted by molar-refractivity contribution is 5.85. The minimum atomic E-state index is -0.805. The lowest BCUT2D eigenvalue weighted by atomic mass is 9.94. The van der Waals surface area contributed by atoms with Crippen LogP contribution in [-0.2, 0) is 11.2 Å². The second-order valence-electron chi connectivity index (χ2n) is 4.82. The van der Waals surface area contributed by atoms with Crippen molar-refractivity contribution in [3.05, 3.63) is 34.4 Å². The topological polar surface area (TPSA) is 37.3 Å². The highest BCUT2D eigenvalue weighted by Gasteiger charge is 2.16. The lowest BCUT2D eigenvalue weighted by molar-refractivity contribution is -0.126. The number of carbonyl (C=O) groups excluding carboxylic acids is 1. The van der Waals surface area contributed by atoms with Crippen LogP contribution in [0.4, 0.5) is 0 Å². The van der Waals surface area contributed by atoms with E-state index in [2.05, 4.69) is 19.1 Å². The Hall–Kier alpha value is -1.15. The number of ketones is 1. The van der Waals surface area contributed by atoms with Gasteiger partial charge in [0.2, 0.25) is 0 Å². The molecule has 1 rings (SSSR count). The molecule has 1 unspecified atom stereocenters. The summed E-state index contributed by atoms with van der Waals surface area (Å²) < 4.78 is 0. The molecule has 0 radical (unpaired) electrons. The van der Waals surface area contributed by atoms with Crippen molar-refractivity contribution in [3.63, 3.8) is 0 Å². The van der Waals surface area contributed by atoms with Crippen LogP contribution in [0.3, 0.4) is 0 Å². The highest BCUT2D eigenvalue weighted by atomic mass is 16.3. The number of Topliss-reactive ketones (excluding diaryl/α,β-unsaturated/α-hetero) is 1. The van der Waals surface area contributed by atoms with Gasteiger partial charge in [-0.25, -0.2) is 0 Å². The third kappa shape index (κ3) is 3.67. The summed E-state index contributed by atoms with van der Waals surface area (Å²) in [7, 11) is 0. The minimum Gasteiger partial charge on any atom is -0.385 e. The summed E-state index contributed by atoms with van der Waals surface area (Å²) in [6.45, 7) is 8.07. The first-order chi connectivity index (χ1) is 7.95. The van der Waals surface area contributed by atoms with Crippen molar-refractivity contribution in [1.29, 1.82) is 0 Å². The van der Waals surface area contributed by atoms with Gasteiger partial charge in [-0.15, -0.1) is 0 Å². The van der Waals surface area contributed by atoms with Gasteiger partial charge < -0.3 is 5.11 Å². The monoisotopic (exact) mass is 234 g/mol. The normalized spacial score (nSPS) is 12.5. The van der Waals surface area contributed by atoms with E-state index in [0.29, 0.717) is 12.8 Å². The number of hydrogen-bond donors (Lipinski definition) is 1. The number of benzene rings is 1. The Kier molecular flexibility index (Phi) is 4.88. The smallest absolute Gasteiger partial charge is 0.165 e. The van der Waals surface area contributed by atoms with E-state index >= 15 is 0 Å². The van der Waals surface area contributed by atoms with E-state index in [1.165, 1.54) is 5.56 Å². The summed E-state index contributed by atoms with van der Waals surface area (Å²) in [5.74, 6) is -0.0677. The lowest BCUT2D eigenvalue weighted by Gasteiger charge is -2.13. The van der Waals surface area contributed by atoms with Crippen LogP contribution in [0.1, 0.15) is 42.0 Å². The molecule has 0 saturated heterocycles. The van der Waals surface area contributed by atoms with E-state index in [0.717, 1.165) is 23.1 Å². The Morgan fingerprint density at radius 2 is 1.76 bits per heavy atom. The molecule has 0 amide bonds. The molecule has 0 spiro atoms. The summed E-state index contributed by atoms with van der Waals surface area (Å²) in [6.07, 6.45) is 0.931. The van der Waals surface area contributed by atoms with E-state index in [1.807, 2.05) is 20.8 Å². The van der Waals surface area contributed by atoms with Gasteiger partial charge in [0.05, 0.1) is 0 Å². The van der Waals surface area contributed by atoms with Crippen molar-refractivity contribution in [1.82, 2.24) is 0 Å². The number of aryl methyl sites for hydroxylation is 3. The van der Waals surface area contributed by atoms with Crippen LogP contribution in [0.25, 0.3) is 0 Å². The average molecular weight is 234 g/mol. The zero-order chi connectivity index (χ0) is 13.0. The lowest BCUT2D eigenvalue weighted by Crippen LogP contribution is -2.22. The number of hydrogen-bond acceptors (Lipinski definition) is 2. The van der Waals surface area contributed by atoms with Crippen molar-refractivity contribution in [2.75, 3.05) is 0 Å². The zero-order valence-electron chi connectivity index (χ0n) is 11.2. The maximum absolute atomic E-state index is 11.8. The molecule has 0 heterocycles. The molecule has 0 aliphatic heterocycles. The molecule has 0 aliphatic carbocycles. The maximum Gasteiger partial charge on any atom is 0.165 e. The molecular weight excluding hydrogens is 212 g/mol. The molecule has 0 fully saturated rings. The number of carbonyl (C=O) groups is 1. The molecule has 0 saturated carbocycles. The quantitative estimate of drug-likeness (QED) is 0.850. The Morgan fingerprint density at radius 1 is 1.24 bits per heavy atom. The zero-order valence-corrected chi connectivity index (χ0v) is 11.2. The third-order valence-corrected chi connectivity index (χ3v) is 3.13. The van der Waals surface area contributed by atoms with Crippen LogP contribution in [0, 0.1) is 20.8 Å². The molecule has 2 nitrogen and oxygen atoms in total. The molecular formula is C15H22O2. The molecule has 1 aromatic carbocycles. The van der Waals surface area contributed by atoms with Gasteiger partial charge in [0, 0.05) is 6.42 Å². The summed E-state index contributed by atoms with van der Waals surface area (Å²) in [6, 6.07) is 4.17. The standard InChI is InChI=1S/C15H22O2/c1-5-6-14(16)15(17)9-13-11(3)7-10(2)8-12(13)4/h7-8,14,16H,5-6,9H2,1-4H3. The van der Waals surface area contributed by atoms with E-state index < -0.39 is 6.10 Å². The second-order valence-corrected chi connectivity index (χ2v) is 4.82. The molecule has 1 atom stereocenters. The van der Waals surface area contributed by atoms with Crippen molar-refractivity contribution in [3.8, 4) is 0 Å². The van der Waals surface area contributed by atoms with Crippen LogP contribution in [0.15, 0.2) is 12.1 Å². The van der Waals surface area contributed by atoms with Crippen LogP contribution >= 0.6 is 0 Å². The van der Waals surface area contributed by atoms with Gasteiger partial charge in [-0.2, -0.15) is 0 Å². The molecule has 94 valence electrons. The number of aliphatic hydroxyl groups excluding tert-OH is 1. The van der Waals surface area contributed by atoms with Gasteiger partial charge in [0.15, 0.2) is 5.78 Å². The van der Waals surface area contributed by atoms with E-state index in [9.17, 15) is 9.90 Å². The predicted octanol–water partition coefficient (Wildman–Crippen LogP) is 2.88. The van der Waals surface area contributed by atoms with Crippen molar-refractivity contribution >= 4 is 5.78 Å². The summed E-state index contributed by atoms with van der Waals surface area (Å²) in [5, 5.41) is 9.67. The highest BCUT2D eigenvalue weighted by Crippen LogP contribution is 2.18. The number of rotatable bonds is 5. The molecule has 2 heteroatoms. The fourth-order valence-corrected chi connectivity index (χ4v) is 2.22. The van der Waals surface area contributed by atoms with Crippen LogP contribution in [-0.4, -0.2) is 17.0 Å². The molecule has 17 heavy (non-hydrogen) atoms. The largest absolute Gasteiger partial charge is 0.385 e. The van der Waals surface area contributed by atoms with E-state index in [1.54, 1.807) is 0 Å². The molecule has 0 bridgehead atoms. The fourth-order valence-electron chi connectivity index (χ4n) is 2.22. The average Bonchev–Trinajstić information content (AvgIpc) is 2.23. The first-order valence-corrected chi connectivity index (χ1v) is 6.23. The SMILES string of the molecule is CCCC(O)C(=O)Cc1c(C)cc(C)cc1C. The van der Waals surface area contributed by atoms with Crippen molar-refractivity contribution in [2.45, 2.75) is 53.1 Å². The minimum absolute atomic E-state index is 0.0677. The first-order valence-electron chi connectivity index (χ1n) is 6.23. The Balaban J connectivity index is 2.85. The van der Waals surface area contributed by atoms with E-state index in [-0.39, 0.29) is 5.78 Å². The Morgan fingerprint density at radius 3 is 2.24 bits per heavy atom. The molecule has 1 aromatic rings. The van der Waals surface area contributed by atoms with E-state index in [4.69, 9.17) is 0 Å². The van der Waals surface area contributed by atoms with Gasteiger partial charge in [0.25, 0.3) is 0 Å². The second kappa shape index (κ2) is 5.97. The van der Waals surface area contributed by atoms with Gasteiger partial charge in [-0.05, 0) is 43.9 Å². The van der Waals surface area contributed by atoms with Crippen LogP contribution in [0.5, 0.6) is 0 Å². The summed E-state index contributed by atoms with van der Waals surface area (Å²) in [5.41, 5.74) is 4.56. The van der Waals surface area contributed by atoms with Crippen LogP contribution in [0.2, 0.25) is 0 Å². The fraction of sp³-hybridized carbons (Fsp3) is 0.533. The molecule has 0 aliphatic rings. The van der Waals surface area contributed by atoms with Crippen molar-refractivity contribution in [2.24, 2.45) is 0 Å². The van der Waals surface area contributed by atoms with Crippen molar-refractivity contribution < 1.29 is 9.90 Å². The van der Waals surface area contributed by atoms with Gasteiger partial charge in [-0.1, -0.05) is 31.0 Å². The molecule has 1 N–H and O–H groups in total. The molecule has 0 aromatic heterocycles. The Bertz CT molecular complexity index is 384. The third-order valence-electron chi connectivity index (χ3n) is 3.13. The van der Waals surface area contributed by atoms with Gasteiger partial charge in [0.1, 0.15) is 6.10 Å². The Labute approximate surface area is 104 Å². The summed E-state index contributed by atoms with van der Waals surface area (Å²) >= 11 is 0. The van der Waals surface area contributed by atoms with Gasteiger partial charge >= 0.3 is 0 Å². The predicted molar refractivity (Wildman–Crippen MR) is 70.3 cm³/mol.